The maximum absolute atomic E-state index is 12.9. The average Bonchev–Trinajstić information content (AvgIpc) is 2.95. The van der Waals surface area contributed by atoms with Gasteiger partial charge in [-0.15, -0.1) is 11.3 Å². The third-order valence-electron chi connectivity index (χ3n) is 3.54. The molecule has 3 rings (SSSR count). The fourth-order valence-electron chi connectivity index (χ4n) is 2.50. The lowest BCUT2D eigenvalue weighted by Gasteiger charge is -2.34. The zero-order chi connectivity index (χ0) is 14.9. The van der Waals surface area contributed by atoms with E-state index in [9.17, 15) is 8.42 Å². The van der Waals surface area contributed by atoms with E-state index in [0.29, 0.717) is 23.8 Å². The first-order chi connectivity index (χ1) is 10.1. The van der Waals surface area contributed by atoms with E-state index in [-0.39, 0.29) is 6.04 Å². The molecule has 2 aromatic rings. The Bertz CT molecular complexity index is 713. The van der Waals surface area contributed by atoms with E-state index < -0.39 is 10.0 Å². The lowest BCUT2D eigenvalue weighted by Crippen LogP contribution is -2.48. The van der Waals surface area contributed by atoms with Crippen molar-refractivity contribution >= 4 is 21.4 Å². The molecule has 0 radical (unpaired) electrons. The second-order valence-corrected chi connectivity index (χ2v) is 8.39. The van der Waals surface area contributed by atoms with Crippen LogP contribution in [0.25, 0.3) is 0 Å². The highest BCUT2D eigenvalue weighted by molar-refractivity contribution is 7.91. The number of aryl methyl sites for hydroxylation is 1. The fourth-order valence-corrected chi connectivity index (χ4v) is 5.52. The van der Waals surface area contributed by atoms with E-state index in [1.807, 2.05) is 25.1 Å². The molecule has 0 aromatic carbocycles. The molecule has 0 amide bonds. The normalized spacial score (nSPS) is 20.5. The van der Waals surface area contributed by atoms with Crippen molar-refractivity contribution in [3.8, 4) is 0 Å². The van der Waals surface area contributed by atoms with Gasteiger partial charge in [0.25, 0.3) is 10.0 Å². The van der Waals surface area contributed by atoms with Gasteiger partial charge in [-0.1, -0.05) is 6.07 Å². The maximum atomic E-state index is 12.9. The molecule has 0 aliphatic carbocycles. The third-order valence-corrected chi connectivity index (χ3v) is 6.92. The molecule has 5 nitrogen and oxygen atoms in total. The lowest BCUT2D eigenvalue weighted by atomic mass is 10.1. The molecule has 1 unspecified atom stereocenters. The molecule has 1 fully saturated rings. The molecule has 1 saturated heterocycles. The Morgan fingerprint density at radius 3 is 2.90 bits per heavy atom. The van der Waals surface area contributed by atoms with Crippen molar-refractivity contribution in [3.63, 3.8) is 0 Å². The maximum Gasteiger partial charge on any atom is 0.253 e. The van der Waals surface area contributed by atoms with Gasteiger partial charge in [0.1, 0.15) is 4.21 Å². The van der Waals surface area contributed by atoms with Crippen LogP contribution < -0.4 is 5.32 Å². The topological polar surface area (TPSA) is 62.3 Å². The smallest absolute Gasteiger partial charge is 0.253 e. The van der Waals surface area contributed by atoms with Crippen LogP contribution in [0.4, 0.5) is 0 Å². The Labute approximate surface area is 128 Å². The van der Waals surface area contributed by atoms with Gasteiger partial charge in [0.15, 0.2) is 0 Å². The van der Waals surface area contributed by atoms with Crippen molar-refractivity contribution in [2.75, 3.05) is 19.6 Å². The predicted octanol–water partition coefficient (Wildman–Crippen LogP) is 1.79. The standard InChI is InChI=1S/C14H17N3O2S2/c1-11-4-5-14(20-11)21(18,19)17-8-7-16-10-13(17)12-3-2-6-15-9-12/h2-6,9,13,16H,7-8,10H2,1H3. The number of rotatable bonds is 3. The van der Waals surface area contributed by atoms with Gasteiger partial charge in [-0.25, -0.2) is 8.42 Å². The van der Waals surface area contributed by atoms with Gasteiger partial charge >= 0.3 is 0 Å². The molecular formula is C14H17N3O2S2. The summed E-state index contributed by atoms with van der Waals surface area (Å²) in [6.45, 7) is 3.66. The minimum Gasteiger partial charge on any atom is -0.313 e. The van der Waals surface area contributed by atoms with Gasteiger partial charge in [0.2, 0.25) is 0 Å². The minimum absolute atomic E-state index is 0.208. The molecule has 1 aliphatic heterocycles. The lowest BCUT2D eigenvalue weighted by molar-refractivity contribution is 0.271. The van der Waals surface area contributed by atoms with E-state index in [1.165, 1.54) is 11.3 Å². The molecule has 21 heavy (non-hydrogen) atoms. The van der Waals surface area contributed by atoms with Crippen molar-refractivity contribution < 1.29 is 8.42 Å². The van der Waals surface area contributed by atoms with Crippen LogP contribution in [0.1, 0.15) is 16.5 Å². The molecule has 0 spiro atoms. The Hall–Kier alpha value is -1.28. The minimum atomic E-state index is -3.45. The van der Waals surface area contributed by atoms with Crippen LogP contribution in [-0.4, -0.2) is 37.3 Å². The van der Waals surface area contributed by atoms with E-state index >= 15 is 0 Å². The predicted molar refractivity (Wildman–Crippen MR) is 82.8 cm³/mol. The molecule has 1 atom stereocenters. The number of sulfonamides is 1. The van der Waals surface area contributed by atoms with Crippen LogP contribution in [0.15, 0.2) is 40.9 Å². The van der Waals surface area contributed by atoms with Gasteiger partial charge in [-0.3, -0.25) is 4.98 Å². The van der Waals surface area contributed by atoms with E-state index in [4.69, 9.17) is 0 Å². The van der Waals surface area contributed by atoms with E-state index in [2.05, 4.69) is 10.3 Å². The van der Waals surface area contributed by atoms with Gasteiger partial charge in [0.05, 0.1) is 6.04 Å². The van der Waals surface area contributed by atoms with E-state index in [0.717, 1.165) is 10.4 Å². The Morgan fingerprint density at radius 1 is 1.38 bits per heavy atom. The highest BCUT2D eigenvalue weighted by Crippen LogP contribution is 2.31. The Kier molecular flexibility index (Phi) is 4.08. The van der Waals surface area contributed by atoms with Crippen LogP contribution in [0, 0.1) is 6.92 Å². The summed E-state index contributed by atoms with van der Waals surface area (Å²) in [7, 11) is -3.45. The Morgan fingerprint density at radius 2 is 2.24 bits per heavy atom. The zero-order valence-corrected chi connectivity index (χ0v) is 13.3. The number of nitrogens with zero attached hydrogens (tertiary/aromatic N) is 2. The number of hydrogen-bond acceptors (Lipinski definition) is 5. The number of pyridine rings is 1. The molecule has 1 aliphatic rings. The summed E-state index contributed by atoms with van der Waals surface area (Å²) in [4.78, 5) is 5.11. The number of piperazine rings is 1. The summed E-state index contributed by atoms with van der Waals surface area (Å²) < 4.78 is 27.7. The summed E-state index contributed by atoms with van der Waals surface area (Å²) in [5.41, 5.74) is 0.918. The molecule has 112 valence electrons. The van der Waals surface area contributed by atoms with Crippen molar-refractivity contribution in [2.45, 2.75) is 17.2 Å². The highest BCUT2D eigenvalue weighted by atomic mass is 32.2. The molecule has 0 saturated carbocycles. The monoisotopic (exact) mass is 323 g/mol. The molecule has 2 aromatic heterocycles. The number of thiophene rings is 1. The highest BCUT2D eigenvalue weighted by Gasteiger charge is 2.35. The number of nitrogens with one attached hydrogen (secondary N) is 1. The van der Waals surface area contributed by atoms with Crippen molar-refractivity contribution in [3.05, 3.63) is 47.1 Å². The van der Waals surface area contributed by atoms with Gasteiger partial charge in [0, 0.05) is 36.9 Å². The number of aromatic nitrogens is 1. The summed E-state index contributed by atoms with van der Waals surface area (Å²) in [5.74, 6) is 0. The van der Waals surface area contributed by atoms with Crippen molar-refractivity contribution in [1.29, 1.82) is 0 Å². The van der Waals surface area contributed by atoms with Crippen LogP contribution in [0.3, 0.4) is 0 Å². The summed E-state index contributed by atoms with van der Waals surface area (Å²) in [5, 5.41) is 3.26. The molecule has 3 heterocycles. The average molecular weight is 323 g/mol. The first kappa shape index (κ1) is 14.6. The molecule has 0 bridgehead atoms. The summed E-state index contributed by atoms with van der Waals surface area (Å²) in [6, 6.07) is 7.09. The molecule has 1 N–H and O–H groups in total. The zero-order valence-electron chi connectivity index (χ0n) is 11.7. The van der Waals surface area contributed by atoms with Crippen LogP contribution in [0.5, 0.6) is 0 Å². The van der Waals surface area contributed by atoms with Gasteiger partial charge in [-0.05, 0) is 30.7 Å². The molecule has 7 heteroatoms. The SMILES string of the molecule is Cc1ccc(S(=O)(=O)N2CCNCC2c2cccnc2)s1. The van der Waals surface area contributed by atoms with Crippen LogP contribution >= 0.6 is 11.3 Å². The summed E-state index contributed by atoms with van der Waals surface area (Å²) >= 11 is 1.32. The number of hydrogen-bond donors (Lipinski definition) is 1. The van der Waals surface area contributed by atoms with Crippen LogP contribution in [0.2, 0.25) is 0 Å². The van der Waals surface area contributed by atoms with Crippen molar-refractivity contribution in [2.24, 2.45) is 0 Å². The van der Waals surface area contributed by atoms with Gasteiger partial charge < -0.3 is 5.32 Å². The second-order valence-electron chi connectivity index (χ2n) is 4.99. The first-order valence-corrected chi connectivity index (χ1v) is 9.03. The summed E-state index contributed by atoms with van der Waals surface area (Å²) in [6.07, 6.45) is 3.43. The largest absolute Gasteiger partial charge is 0.313 e. The first-order valence-electron chi connectivity index (χ1n) is 6.78. The second kappa shape index (κ2) is 5.84. The van der Waals surface area contributed by atoms with Crippen LogP contribution in [-0.2, 0) is 10.0 Å². The quantitative estimate of drug-likeness (QED) is 0.935. The fraction of sp³-hybridized carbons (Fsp3) is 0.357. The van der Waals surface area contributed by atoms with Crippen molar-refractivity contribution in [1.82, 2.24) is 14.6 Å². The third kappa shape index (κ3) is 2.87. The molecular weight excluding hydrogens is 306 g/mol. The van der Waals surface area contributed by atoms with E-state index in [1.54, 1.807) is 22.8 Å². The van der Waals surface area contributed by atoms with Gasteiger partial charge in [-0.2, -0.15) is 4.31 Å². The Balaban J connectivity index is 1.98.